The van der Waals surface area contributed by atoms with Gasteiger partial charge in [-0.3, -0.25) is 4.79 Å². The third-order valence-corrected chi connectivity index (χ3v) is 8.76. The lowest BCUT2D eigenvalue weighted by Crippen LogP contribution is -2.50. The van der Waals surface area contributed by atoms with Crippen LogP contribution in [0.1, 0.15) is 65.7 Å². The summed E-state index contributed by atoms with van der Waals surface area (Å²) in [5.74, 6) is 6.94. The van der Waals surface area contributed by atoms with Crippen LogP contribution >= 0.6 is 0 Å². The molecule has 0 aromatic rings. The predicted molar refractivity (Wildman–Crippen MR) is 103 cm³/mol. The fourth-order valence-electron chi connectivity index (χ4n) is 7.50. The molecule has 0 bridgehead atoms. The molecule has 1 heteroatoms. The van der Waals surface area contributed by atoms with Gasteiger partial charge in [0.1, 0.15) is 0 Å². The molecule has 5 unspecified atom stereocenters. The van der Waals surface area contributed by atoms with Gasteiger partial charge in [-0.2, -0.15) is 0 Å². The van der Waals surface area contributed by atoms with Gasteiger partial charge in [0.05, 0.1) is 0 Å². The second-order valence-corrected chi connectivity index (χ2v) is 9.72. The standard InChI is InChI=1S/C24H32O/c1-5-6-16(2)20-9-10-21-19-8-7-17-15-18(25)11-13-23(17,3)22(19)12-14-24(20,21)4/h1,11,13,15-16,19-22H,6-10,12,14H2,2-4H3/t16?,19?,20?,21?,22?,23-,24+/m0/s1. The first-order valence-corrected chi connectivity index (χ1v) is 10.3. The molecule has 0 radical (unpaired) electrons. The molecule has 4 aliphatic rings. The Kier molecular flexibility index (Phi) is 4.02. The van der Waals surface area contributed by atoms with Crippen molar-refractivity contribution in [3.8, 4) is 12.3 Å². The Morgan fingerprint density at radius 3 is 2.80 bits per heavy atom. The van der Waals surface area contributed by atoms with Crippen molar-refractivity contribution in [3.63, 3.8) is 0 Å². The number of allylic oxidation sites excluding steroid dienone is 4. The molecule has 7 atom stereocenters. The highest BCUT2D eigenvalue weighted by Gasteiger charge is 2.58. The Labute approximate surface area is 153 Å². The maximum Gasteiger partial charge on any atom is 0.178 e. The van der Waals surface area contributed by atoms with E-state index in [0.717, 1.165) is 36.5 Å². The maximum absolute atomic E-state index is 11.9. The van der Waals surface area contributed by atoms with E-state index in [2.05, 4.69) is 32.8 Å². The lowest BCUT2D eigenvalue weighted by molar-refractivity contribution is -0.111. The van der Waals surface area contributed by atoms with Gasteiger partial charge in [-0.1, -0.05) is 32.4 Å². The van der Waals surface area contributed by atoms with Gasteiger partial charge in [-0.25, -0.2) is 0 Å². The first-order chi connectivity index (χ1) is 11.9. The minimum Gasteiger partial charge on any atom is -0.290 e. The summed E-state index contributed by atoms with van der Waals surface area (Å²) in [7, 11) is 0. The second-order valence-electron chi connectivity index (χ2n) is 9.72. The molecule has 3 fully saturated rings. The summed E-state index contributed by atoms with van der Waals surface area (Å²) in [4.78, 5) is 11.9. The third kappa shape index (κ3) is 2.40. The zero-order chi connectivity index (χ0) is 17.8. The summed E-state index contributed by atoms with van der Waals surface area (Å²) in [6.07, 6.45) is 20.4. The molecule has 0 spiro atoms. The third-order valence-electron chi connectivity index (χ3n) is 8.76. The van der Waals surface area contributed by atoms with E-state index in [9.17, 15) is 4.79 Å². The van der Waals surface area contributed by atoms with Crippen molar-refractivity contribution in [3.05, 3.63) is 23.8 Å². The molecule has 0 N–H and O–H groups in total. The lowest BCUT2D eigenvalue weighted by Gasteiger charge is -2.57. The van der Waals surface area contributed by atoms with Crippen LogP contribution in [0.2, 0.25) is 0 Å². The Morgan fingerprint density at radius 2 is 2.04 bits per heavy atom. The molecule has 25 heavy (non-hydrogen) atoms. The van der Waals surface area contributed by atoms with Crippen molar-refractivity contribution in [2.24, 2.45) is 40.4 Å². The fraction of sp³-hybridized carbons (Fsp3) is 0.708. The predicted octanol–water partition coefficient (Wildman–Crippen LogP) is 5.57. The van der Waals surface area contributed by atoms with Gasteiger partial charge < -0.3 is 0 Å². The van der Waals surface area contributed by atoms with Crippen molar-refractivity contribution < 1.29 is 4.79 Å². The lowest BCUT2D eigenvalue weighted by atomic mass is 9.47. The van der Waals surface area contributed by atoms with Crippen LogP contribution in [0.4, 0.5) is 0 Å². The molecular formula is C24H32O. The van der Waals surface area contributed by atoms with Crippen LogP contribution in [0.3, 0.4) is 0 Å². The number of rotatable bonds is 2. The molecule has 0 heterocycles. The Morgan fingerprint density at radius 1 is 1.24 bits per heavy atom. The van der Waals surface area contributed by atoms with Crippen LogP contribution in [0.25, 0.3) is 0 Å². The quantitative estimate of drug-likeness (QED) is 0.602. The van der Waals surface area contributed by atoms with Gasteiger partial charge >= 0.3 is 0 Å². The Hall–Kier alpha value is -1.29. The number of hydrogen-bond acceptors (Lipinski definition) is 1. The monoisotopic (exact) mass is 336 g/mol. The summed E-state index contributed by atoms with van der Waals surface area (Å²) in [6, 6.07) is 0. The van der Waals surface area contributed by atoms with E-state index in [1.165, 1.54) is 37.7 Å². The van der Waals surface area contributed by atoms with Gasteiger partial charge in [-0.15, -0.1) is 12.3 Å². The topological polar surface area (TPSA) is 17.1 Å². The van der Waals surface area contributed by atoms with Crippen LogP contribution in [0.5, 0.6) is 0 Å². The first-order valence-electron chi connectivity index (χ1n) is 10.3. The van der Waals surface area contributed by atoms with Crippen molar-refractivity contribution in [1.82, 2.24) is 0 Å². The highest BCUT2D eigenvalue weighted by Crippen LogP contribution is 2.67. The van der Waals surface area contributed by atoms with Crippen LogP contribution in [0, 0.1) is 52.8 Å². The molecule has 0 aliphatic heterocycles. The van der Waals surface area contributed by atoms with Crippen molar-refractivity contribution in [1.29, 1.82) is 0 Å². The van der Waals surface area contributed by atoms with E-state index in [1.807, 2.05) is 12.2 Å². The number of fused-ring (bicyclic) bond motifs is 5. The highest BCUT2D eigenvalue weighted by molar-refractivity contribution is 6.01. The van der Waals surface area contributed by atoms with Crippen molar-refractivity contribution in [2.75, 3.05) is 0 Å². The summed E-state index contributed by atoms with van der Waals surface area (Å²) in [6.45, 7) is 7.35. The summed E-state index contributed by atoms with van der Waals surface area (Å²) in [5, 5.41) is 0. The number of carbonyl (C=O) groups excluding carboxylic acids is 1. The molecule has 134 valence electrons. The van der Waals surface area contributed by atoms with Gasteiger partial charge in [0, 0.05) is 11.8 Å². The SMILES string of the molecule is C#CCC(C)C1CCC2C3CCC4=CC(=O)C=C[C@]4(C)C3CC[C@]12C. The van der Waals surface area contributed by atoms with Gasteiger partial charge in [-0.05, 0) is 85.7 Å². The summed E-state index contributed by atoms with van der Waals surface area (Å²) >= 11 is 0. The van der Waals surface area contributed by atoms with E-state index in [4.69, 9.17) is 6.42 Å². The zero-order valence-electron chi connectivity index (χ0n) is 16.1. The fourth-order valence-corrected chi connectivity index (χ4v) is 7.50. The number of ketones is 1. The smallest absolute Gasteiger partial charge is 0.178 e. The molecule has 0 aromatic carbocycles. The first kappa shape index (κ1) is 17.1. The number of terminal acetylenes is 1. The molecule has 0 saturated heterocycles. The Bertz CT molecular complexity index is 677. The summed E-state index contributed by atoms with van der Waals surface area (Å²) < 4.78 is 0. The van der Waals surface area contributed by atoms with Crippen molar-refractivity contribution in [2.45, 2.75) is 65.7 Å². The average Bonchev–Trinajstić information content (AvgIpc) is 2.93. The largest absolute Gasteiger partial charge is 0.290 e. The van der Waals surface area contributed by atoms with Crippen LogP contribution < -0.4 is 0 Å². The second kappa shape index (κ2) is 5.87. The van der Waals surface area contributed by atoms with E-state index in [0.29, 0.717) is 11.3 Å². The molecular weight excluding hydrogens is 304 g/mol. The molecule has 4 rings (SSSR count). The number of hydrogen-bond donors (Lipinski definition) is 0. The van der Waals surface area contributed by atoms with E-state index in [-0.39, 0.29) is 11.2 Å². The van der Waals surface area contributed by atoms with Gasteiger partial charge in [0.15, 0.2) is 5.78 Å². The highest BCUT2D eigenvalue weighted by atomic mass is 16.1. The van der Waals surface area contributed by atoms with E-state index >= 15 is 0 Å². The number of carbonyl (C=O) groups is 1. The van der Waals surface area contributed by atoms with E-state index < -0.39 is 0 Å². The molecule has 0 aromatic heterocycles. The van der Waals surface area contributed by atoms with Gasteiger partial charge in [0.2, 0.25) is 0 Å². The molecule has 4 aliphatic carbocycles. The molecule has 0 amide bonds. The summed E-state index contributed by atoms with van der Waals surface area (Å²) in [5.41, 5.74) is 2.00. The van der Waals surface area contributed by atoms with Crippen molar-refractivity contribution >= 4 is 5.78 Å². The average molecular weight is 337 g/mol. The maximum atomic E-state index is 11.9. The van der Waals surface area contributed by atoms with E-state index in [1.54, 1.807) is 0 Å². The minimum absolute atomic E-state index is 0.126. The molecule has 1 nitrogen and oxygen atoms in total. The minimum atomic E-state index is 0.126. The van der Waals surface area contributed by atoms with Crippen LogP contribution in [0.15, 0.2) is 23.8 Å². The molecule has 3 saturated carbocycles. The van der Waals surface area contributed by atoms with Crippen LogP contribution in [-0.4, -0.2) is 5.78 Å². The normalized spacial score (nSPS) is 46.5. The Balaban J connectivity index is 1.63. The van der Waals surface area contributed by atoms with Crippen LogP contribution in [-0.2, 0) is 4.79 Å². The zero-order valence-corrected chi connectivity index (χ0v) is 16.1. The van der Waals surface area contributed by atoms with Gasteiger partial charge in [0.25, 0.3) is 0 Å².